The van der Waals surface area contributed by atoms with Crippen molar-refractivity contribution < 1.29 is 13.9 Å². The Kier molecular flexibility index (Phi) is 2.10. The third kappa shape index (κ3) is 1.42. The number of hydrogen-bond acceptors (Lipinski definition) is 3. The summed E-state index contributed by atoms with van der Waals surface area (Å²) in [6.07, 6.45) is -0.170. The van der Waals surface area contributed by atoms with Crippen LogP contribution in [0, 0.1) is 17.1 Å². The van der Waals surface area contributed by atoms with Gasteiger partial charge in [-0.25, -0.2) is 4.39 Å². The highest BCUT2D eigenvalue weighted by molar-refractivity contribution is 5.47. The maximum absolute atomic E-state index is 13.4. The van der Waals surface area contributed by atoms with Gasteiger partial charge in [0.25, 0.3) is 0 Å². The molecule has 1 saturated heterocycles. The summed E-state index contributed by atoms with van der Waals surface area (Å²) in [7, 11) is 1.45. The fourth-order valence-electron chi connectivity index (χ4n) is 1.30. The van der Waals surface area contributed by atoms with Gasteiger partial charge >= 0.3 is 0 Å². The van der Waals surface area contributed by atoms with E-state index in [1.165, 1.54) is 19.2 Å². The van der Waals surface area contributed by atoms with Crippen LogP contribution in [0.2, 0.25) is 0 Å². The van der Waals surface area contributed by atoms with Crippen LogP contribution in [-0.2, 0) is 4.74 Å². The van der Waals surface area contributed by atoms with E-state index in [4.69, 9.17) is 14.7 Å². The average Bonchev–Trinajstić information content (AvgIpc) is 3.01. The van der Waals surface area contributed by atoms with Crippen molar-refractivity contribution in [2.24, 2.45) is 0 Å². The zero-order valence-electron chi connectivity index (χ0n) is 7.58. The van der Waals surface area contributed by atoms with Gasteiger partial charge in [0.1, 0.15) is 23.7 Å². The van der Waals surface area contributed by atoms with E-state index in [-0.39, 0.29) is 11.7 Å². The number of nitrogens with zero attached hydrogens (tertiary/aromatic N) is 1. The van der Waals surface area contributed by atoms with Gasteiger partial charge in [-0.3, -0.25) is 0 Å². The average molecular weight is 193 g/mol. The number of rotatable bonds is 2. The lowest BCUT2D eigenvalue weighted by molar-refractivity contribution is 0.396. The molecule has 0 N–H and O–H groups in total. The highest BCUT2D eigenvalue weighted by Gasteiger charge is 2.29. The van der Waals surface area contributed by atoms with Crippen molar-refractivity contribution in [3.8, 4) is 11.8 Å². The van der Waals surface area contributed by atoms with Gasteiger partial charge in [-0.2, -0.15) is 5.26 Å². The van der Waals surface area contributed by atoms with Crippen LogP contribution in [0.5, 0.6) is 5.75 Å². The van der Waals surface area contributed by atoms with E-state index < -0.39 is 5.82 Å². The quantitative estimate of drug-likeness (QED) is 0.672. The maximum atomic E-state index is 13.4. The van der Waals surface area contributed by atoms with E-state index in [2.05, 4.69) is 0 Å². The second-order valence-electron chi connectivity index (χ2n) is 3.01. The molecule has 0 amide bonds. The molecule has 1 aromatic rings. The lowest BCUT2D eigenvalue weighted by Crippen LogP contribution is -1.94. The second-order valence-corrected chi connectivity index (χ2v) is 3.01. The Morgan fingerprint density at radius 2 is 2.36 bits per heavy atom. The van der Waals surface area contributed by atoms with Gasteiger partial charge in [0.2, 0.25) is 0 Å². The van der Waals surface area contributed by atoms with E-state index in [0.29, 0.717) is 17.9 Å². The Morgan fingerprint density at radius 3 is 2.86 bits per heavy atom. The molecule has 2 rings (SSSR count). The van der Waals surface area contributed by atoms with Gasteiger partial charge in [-0.05, 0) is 12.1 Å². The number of benzene rings is 1. The third-order valence-electron chi connectivity index (χ3n) is 2.12. The molecule has 0 saturated carbocycles. The summed E-state index contributed by atoms with van der Waals surface area (Å²) in [6.45, 7) is 0.534. The zero-order chi connectivity index (χ0) is 10.1. The number of methoxy groups -OCH3 is 1. The molecule has 0 unspecified atom stereocenters. The third-order valence-corrected chi connectivity index (χ3v) is 2.12. The second kappa shape index (κ2) is 3.28. The van der Waals surface area contributed by atoms with Gasteiger partial charge in [-0.15, -0.1) is 0 Å². The molecule has 1 heterocycles. The standard InChI is InChI=1S/C10H8FNO2/c1-13-9-3-7(10-5-14-10)8(11)2-6(9)4-12/h2-3,10H,5H2,1H3/t10-/m0/s1. The topological polar surface area (TPSA) is 45.5 Å². The van der Waals surface area contributed by atoms with Gasteiger partial charge in [0, 0.05) is 5.56 Å². The number of nitriles is 1. The van der Waals surface area contributed by atoms with Gasteiger partial charge < -0.3 is 9.47 Å². The first-order valence-corrected chi connectivity index (χ1v) is 4.15. The van der Waals surface area contributed by atoms with Crippen molar-refractivity contribution in [3.05, 3.63) is 29.1 Å². The summed E-state index contributed by atoms with van der Waals surface area (Å²) < 4.78 is 23.3. The molecule has 0 bridgehead atoms. The predicted octanol–water partition coefficient (Wildman–Crippen LogP) is 1.78. The van der Waals surface area contributed by atoms with Crippen LogP contribution in [-0.4, -0.2) is 13.7 Å². The highest BCUT2D eigenvalue weighted by Crippen LogP contribution is 2.35. The Hall–Kier alpha value is -1.60. The molecule has 72 valence electrons. The predicted molar refractivity (Wildman–Crippen MR) is 46.4 cm³/mol. The van der Waals surface area contributed by atoms with Gasteiger partial charge in [0.15, 0.2) is 0 Å². The normalized spacial score (nSPS) is 18.8. The first-order chi connectivity index (χ1) is 6.76. The summed E-state index contributed by atoms with van der Waals surface area (Å²) in [5, 5.41) is 8.69. The van der Waals surface area contributed by atoms with Crippen LogP contribution in [0.4, 0.5) is 4.39 Å². The largest absolute Gasteiger partial charge is 0.495 e. The van der Waals surface area contributed by atoms with E-state index in [1.54, 1.807) is 0 Å². The van der Waals surface area contributed by atoms with E-state index in [1.807, 2.05) is 6.07 Å². The molecule has 4 heteroatoms. The lowest BCUT2D eigenvalue weighted by atomic mass is 10.1. The van der Waals surface area contributed by atoms with Crippen molar-refractivity contribution in [1.29, 1.82) is 5.26 Å². The van der Waals surface area contributed by atoms with Crippen LogP contribution in [0.15, 0.2) is 12.1 Å². The van der Waals surface area contributed by atoms with Crippen LogP contribution in [0.25, 0.3) is 0 Å². The van der Waals surface area contributed by atoms with E-state index in [0.717, 1.165) is 0 Å². The number of halogens is 1. The minimum atomic E-state index is -0.412. The number of hydrogen-bond donors (Lipinski definition) is 0. The fraction of sp³-hybridized carbons (Fsp3) is 0.300. The van der Waals surface area contributed by atoms with Crippen LogP contribution >= 0.6 is 0 Å². The summed E-state index contributed by atoms with van der Waals surface area (Å²) in [5.41, 5.74) is 0.662. The first kappa shape index (κ1) is 8.97. The Balaban J connectivity index is 2.49. The minimum absolute atomic E-state index is 0.170. The number of ether oxygens (including phenoxy) is 2. The Morgan fingerprint density at radius 1 is 1.64 bits per heavy atom. The van der Waals surface area contributed by atoms with Gasteiger partial charge in [-0.1, -0.05) is 0 Å². The summed E-state index contributed by atoms with van der Waals surface area (Å²) in [5.74, 6) is -0.0238. The maximum Gasteiger partial charge on any atom is 0.137 e. The van der Waals surface area contributed by atoms with Crippen molar-refractivity contribution in [2.75, 3.05) is 13.7 Å². The number of epoxide rings is 1. The van der Waals surface area contributed by atoms with Crippen LogP contribution < -0.4 is 4.74 Å². The molecule has 0 aliphatic carbocycles. The van der Waals surface area contributed by atoms with Crippen molar-refractivity contribution >= 4 is 0 Å². The summed E-state index contributed by atoms with van der Waals surface area (Å²) >= 11 is 0. The molecule has 0 spiro atoms. The molecule has 0 aromatic heterocycles. The summed E-state index contributed by atoms with van der Waals surface area (Å²) in [6, 6.07) is 4.56. The van der Waals surface area contributed by atoms with Crippen LogP contribution in [0.3, 0.4) is 0 Å². The van der Waals surface area contributed by atoms with E-state index in [9.17, 15) is 4.39 Å². The van der Waals surface area contributed by atoms with Gasteiger partial charge in [0.05, 0.1) is 19.3 Å². The molecular weight excluding hydrogens is 185 g/mol. The van der Waals surface area contributed by atoms with Crippen LogP contribution in [0.1, 0.15) is 17.2 Å². The minimum Gasteiger partial charge on any atom is -0.495 e. The molecular formula is C10H8FNO2. The molecule has 1 aromatic carbocycles. The van der Waals surface area contributed by atoms with Crippen molar-refractivity contribution in [1.82, 2.24) is 0 Å². The summed E-state index contributed by atoms with van der Waals surface area (Å²) in [4.78, 5) is 0. The smallest absolute Gasteiger partial charge is 0.137 e. The lowest BCUT2D eigenvalue weighted by Gasteiger charge is -2.05. The first-order valence-electron chi connectivity index (χ1n) is 4.15. The Labute approximate surface area is 80.7 Å². The molecule has 1 atom stereocenters. The Bertz CT molecular complexity index is 407. The highest BCUT2D eigenvalue weighted by atomic mass is 19.1. The molecule has 14 heavy (non-hydrogen) atoms. The van der Waals surface area contributed by atoms with Crippen molar-refractivity contribution in [3.63, 3.8) is 0 Å². The van der Waals surface area contributed by atoms with E-state index >= 15 is 0 Å². The monoisotopic (exact) mass is 193 g/mol. The fourth-order valence-corrected chi connectivity index (χ4v) is 1.30. The molecule has 1 aliphatic heterocycles. The zero-order valence-corrected chi connectivity index (χ0v) is 7.58. The SMILES string of the molecule is COc1cc([C@@H]2CO2)c(F)cc1C#N. The molecule has 1 aliphatic rings. The van der Waals surface area contributed by atoms with Crippen molar-refractivity contribution in [2.45, 2.75) is 6.10 Å². The molecule has 0 radical (unpaired) electrons. The molecule has 3 nitrogen and oxygen atoms in total. The molecule has 1 fully saturated rings.